The highest BCUT2D eigenvalue weighted by atomic mass is 16.3. The van der Waals surface area contributed by atoms with E-state index < -0.39 is 5.41 Å². The van der Waals surface area contributed by atoms with Gasteiger partial charge in [0.05, 0.1) is 0 Å². The first-order valence-electron chi connectivity index (χ1n) is 4.93. The lowest BCUT2D eigenvalue weighted by Crippen LogP contribution is -2.37. The van der Waals surface area contributed by atoms with Crippen molar-refractivity contribution < 1.29 is 9.90 Å². The highest BCUT2D eigenvalue weighted by Crippen LogP contribution is 2.19. The molecule has 13 heavy (non-hydrogen) atoms. The van der Waals surface area contributed by atoms with Gasteiger partial charge in [-0.2, -0.15) is 0 Å². The summed E-state index contributed by atoms with van der Waals surface area (Å²) in [6, 6.07) is 0. The van der Waals surface area contributed by atoms with Crippen molar-refractivity contribution >= 4 is 5.91 Å². The van der Waals surface area contributed by atoms with E-state index >= 15 is 0 Å². The van der Waals surface area contributed by atoms with Gasteiger partial charge in [-0.3, -0.25) is 4.79 Å². The van der Waals surface area contributed by atoms with E-state index in [0.29, 0.717) is 6.42 Å². The summed E-state index contributed by atoms with van der Waals surface area (Å²) in [5.41, 5.74) is -0.442. The lowest BCUT2D eigenvalue weighted by molar-refractivity contribution is -0.130. The Morgan fingerprint density at radius 1 is 1.46 bits per heavy atom. The maximum Gasteiger partial charge on any atom is 0.225 e. The fourth-order valence-electron chi connectivity index (χ4n) is 1.01. The Morgan fingerprint density at radius 3 is 2.54 bits per heavy atom. The lowest BCUT2D eigenvalue weighted by atomic mass is 9.88. The van der Waals surface area contributed by atoms with Crippen molar-refractivity contribution in [3.63, 3.8) is 0 Å². The third-order valence-corrected chi connectivity index (χ3v) is 2.17. The molecule has 0 aliphatic heterocycles. The molecule has 0 aliphatic carbocycles. The molecule has 0 saturated heterocycles. The van der Waals surface area contributed by atoms with E-state index in [1.54, 1.807) is 0 Å². The summed E-state index contributed by atoms with van der Waals surface area (Å²) in [5, 5.41) is 11.6. The lowest BCUT2D eigenvalue weighted by Gasteiger charge is -2.22. The number of carbonyl (C=O) groups is 1. The van der Waals surface area contributed by atoms with Gasteiger partial charge in [-0.1, -0.05) is 27.2 Å². The molecule has 0 saturated carbocycles. The molecule has 0 bridgehead atoms. The molecule has 3 heteroatoms. The van der Waals surface area contributed by atoms with E-state index in [4.69, 9.17) is 5.11 Å². The highest BCUT2D eigenvalue weighted by Gasteiger charge is 2.26. The van der Waals surface area contributed by atoms with E-state index in [2.05, 4.69) is 12.2 Å². The van der Waals surface area contributed by atoms with Crippen LogP contribution in [0.1, 0.15) is 40.0 Å². The van der Waals surface area contributed by atoms with Crippen molar-refractivity contribution in [3.8, 4) is 0 Å². The molecule has 2 N–H and O–H groups in total. The molecule has 0 atom stereocenters. The predicted octanol–water partition coefficient (Wildman–Crippen LogP) is 1.31. The Kier molecular flexibility index (Phi) is 5.71. The number of aliphatic hydroxyl groups is 1. The molecule has 0 spiro atoms. The zero-order valence-corrected chi connectivity index (χ0v) is 8.89. The SMILES string of the molecule is CCCCNC(=O)C(C)(C)CCO. The van der Waals surface area contributed by atoms with Crippen LogP contribution in [0.4, 0.5) is 0 Å². The number of carbonyl (C=O) groups excluding carboxylic acids is 1. The van der Waals surface area contributed by atoms with E-state index in [9.17, 15) is 4.79 Å². The van der Waals surface area contributed by atoms with E-state index in [1.807, 2.05) is 13.8 Å². The van der Waals surface area contributed by atoms with Gasteiger partial charge in [0, 0.05) is 18.6 Å². The molecular formula is C10H21NO2. The molecular weight excluding hydrogens is 166 g/mol. The molecule has 3 nitrogen and oxygen atoms in total. The summed E-state index contributed by atoms with van der Waals surface area (Å²) in [6.07, 6.45) is 2.62. The monoisotopic (exact) mass is 187 g/mol. The van der Waals surface area contributed by atoms with Crippen LogP contribution in [-0.4, -0.2) is 24.2 Å². The van der Waals surface area contributed by atoms with Gasteiger partial charge >= 0.3 is 0 Å². The Hall–Kier alpha value is -0.570. The highest BCUT2D eigenvalue weighted by molar-refractivity contribution is 5.81. The van der Waals surface area contributed by atoms with Crippen molar-refractivity contribution in [2.45, 2.75) is 40.0 Å². The molecule has 0 fully saturated rings. The minimum Gasteiger partial charge on any atom is -0.396 e. The van der Waals surface area contributed by atoms with E-state index in [1.165, 1.54) is 0 Å². The van der Waals surface area contributed by atoms with Gasteiger partial charge in [0.25, 0.3) is 0 Å². The van der Waals surface area contributed by atoms with Crippen molar-refractivity contribution in [2.24, 2.45) is 5.41 Å². The van der Waals surface area contributed by atoms with Crippen LogP contribution in [-0.2, 0) is 4.79 Å². The standard InChI is InChI=1S/C10H21NO2/c1-4-5-7-11-9(13)10(2,3)6-8-12/h12H,4-8H2,1-3H3,(H,11,13). The van der Waals surface area contributed by atoms with Gasteiger partial charge in [0.1, 0.15) is 0 Å². The number of rotatable bonds is 6. The van der Waals surface area contributed by atoms with Crippen molar-refractivity contribution in [2.75, 3.05) is 13.2 Å². The maximum atomic E-state index is 11.5. The second kappa shape index (κ2) is 5.97. The quantitative estimate of drug-likeness (QED) is 0.616. The van der Waals surface area contributed by atoms with Gasteiger partial charge in [-0.25, -0.2) is 0 Å². The number of nitrogens with one attached hydrogen (secondary N) is 1. The first kappa shape index (κ1) is 12.4. The first-order chi connectivity index (χ1) is 6.04. The van der Waals surface area contributed by atoms with Gasteiger partial charge in [-0.15, -0.1) is 0 Å². The molecule has 0 radical (unpaired) electrons. The predicted molar refractivity (Wildman–Crippen MR) is 53.4 cm³/mol. The van der Waals surface area contributed by atoms with Crippen LogP contribution in [0.2, 0.25) is 0 Å². The Morgan fingerprint density at radius 2 is 2.08 bits per heavy atom. The summed E-state index contributed by atoms with van der Waals surface area (Å²) in [4.78, 5) is 11.5. The van der Waals surface area contributed by atoms with Crippen molar-refractivity contribution in [1.82, 2.24) is 5.32 Å². The van der Waals surface area contributed by atoms with E-state index in [-0.39, 0.29) is 12.5 Å². The Bertz CT molecular complexity index is 155. The fraction of sp³-hybridized carbons (Fsp3) is 0.900. The van der Waals surface area contributed by atoms with Crippen molar-refractivity contribution in [3.05, 3.63) is 0 Å². The van der Waals surface area contributed by atoms with Gasteiger partial charge in [-0.05, 0) is 12.8 Å². The van der Waals surface area contributed by atoms with E-state index in [0.717, 1.165) is 19.4 Å². The van der Waals surface area contributed by atoms with Gasteiger partial charge in [0.15, 0.2) is 0 Å². The van der Waals surface area contributed by atoms with Crippen molar-refractivity contribution in [1.29, 1.82) is 0 Å². The average molecular weight is 187 g/mol. The largest absolute Gasteiger partial charge is 0.396 e. The molecule has 0 aromatic rings. The Labute approximate surface area is 80.5 Å². The smallest absolute Gasteiger partial charge is 0.225 e. The van der Waals surface area contributed by atoms with Gasteiger partial charge < -0.3 is 10.4 Å². The molecule has 0 aromatic heterocycles. The molecule has 0 unspecified atom stereocenters. The van der Waals surface area contributed by atoms with Gasteiger partial charge in [0.2, 0.25) is 5.91 Å². The number of unbranched alkanes of at least 4 members (excludes halogenated alkanes) is 1. The average Bonchev–Trinajstić information content (AvgIpc) is 2.04. The van der Waals surface area contributed by atoms with Crippen LogP contribution in [0, 0.1) is 5.41 Å². The summed E-state index contributed by atoms with van der Waals surface area (Å²) in [6.45, 7) is 6.60. The molecule has 1 amide bonds. The summed E-state index contributed by atoms with van der Waals surface area (Å²) in [7, 11) is 0. The topological polar surface area (TPSA) is 49.3 Å². The molecule has 0 aliphatic rings. The molecule has 78 valence electrons. The van der Waals surface area contributed by atoms with Crippen LogP contribution in [0.15, 0.2) is 0 Å². The van der Waals surface area contributed by atoms with Crippen LogP contribution in [0.5, 0.6) is 0 Å². The van der Waals surface area contributed by atoms with Crippen LogP contribution < -0.4 is 5.32 Å². The molecule has 0 aromatic carbocycles. The third kappa shape index (κ3) is 4.88. The minimum atomic E-state index is -0.442. The maximum absolute atomic E-state index is 11.5. The van der Waals surface area contributed by atoms with Crippen LogP contribution in [0.3, 0.4) is 0 Å². The first-order valence-corrected chi connectivity index (χ1v) is 4.93. The summed E-state index contributed by atoms with van der Waals surface area (Å²) in [5.74, 6) is 0.0370. The van der Waals surface area contributed by atoms with Crippen LogP contribution >= 0.6 is 0 Å². The summed E-state index contributed by atoms with van der Waals surface area (Å²) < 4.78 is 0. The zero-order chi connectivity index (χ0) is 10.3. The second-order valence-corrected chi connectivity index (χ2v) is 3.97. The number of amides is 1. The second-order valence-electron chi connectivity index (χ2n) is 3.97. The number of aliphatic hydroxyl groups excluding tert-OH is 1. The fourth-order valence-corrected chi connectivity index (χ4v) is 1.01. The van der Waals surface area contributed by atoms with Crippen LogP contribution in [0.25, 0.3) is 0 Å². The zero-order valence-electron chi connectivity index (χ0n) is 8.89. The third-order valence-electron chi connectivity index (χ3n) is 2.17. The number of hydrogen-bond acceptors (Lipinski definition) is 2. The molecule has 0 heterocycles. The minimum absolute atomic E-state index is 0.0370. The normalized spacial score (nSPS) is 11.4. The summed E-state index contributed by atoms with van der Waals surface area (Å²) >= 11 is 0. The Balaban J connectivity index is 3.80. The number of hydrogen-bond donors (Lipinski definition) is 2. The molecule has 0 rings (SSSR count).